The van der Waals surface area contributed by atoms with E-state index in [-0.39, 0.29) is 5.33 Å². The van der Waals surface area contributed by atoms with E-state index in [1.54, 1.807) is 0 Å². The molecule has 0 aliphatic rings. The fourth-order valence-corrected chi connectivity index (χ4v) is 2.99. The number of nitrogens with zero attached hydrogens (tertiary/aromatic N) is 4. The Morgan fingerprint density at radius 1 is 0.694 bits per heavy atom. The number of aliphatic hydroxyl groups is 1. The minimum atomic E-state index is -4.88. The molecular formula is C16H15BrF12N4O3. The molecule has 0 fully saturated rings. The molecule has 2 heterocycles. The maximum absolute atomic E-state index is 12.5. The lowest BCUT2D eigenvalue weighted by atomic mass is 10.2. The quantitative estimate of drug-likeness (QED) is 0.358. The molecule has 20 heteroatoms. The third-order valence-electron chi connectivity index (χ3n) is 3.75. The molecule has 0 unspecified atom stereocenters. The smallest absolute Gasteiger partial charge is 0.435 e. The monoisotopic (exact) mass is 618 g/mol. The van der Waals surface area contributed by atoms with E-state index in [0.29, 0.717) is 9.36 Å². The number of rotatable bonds is 6. The van der Waals surface area contributed by atoms with E-state index in [1.165, 1.54) is 0 Å². The molecule has 0 aliphatic heterocycles. The van der Waals surface area contributed by atoms with E-state index >= 15 is 0 Å². The lowest BCUT2D eigenvalue weighted by Gasteiger charge is -2.10. The van der Waals surface area contributed by atoms with Crippen LogP contribution in [0.4, 0.5) is 52.7 Å². The molecule has 2 aromatic heterocycles. The largest absolute Gasteiger partial charge is 0.468 e. The molecule has 2 aromatic rings. The van der Waals surface area contributed by atoms with Crippen LogP contribution in [0.1, 0.15) is 22.5 Å². The van der Waals surface area contributed by atoms with Crippen LogP contribution in [-0.2, 0) is 38.4 Å². The van der Waals surface area contributed by atoms with Gasteiger partial charge in [-0.25, -0.2) is 9.36 Å². The average molecular weight is 619 g/mol. The lowest BCUT2D eigenvalue weighted by Crippen LogP contribution is -2.20. The second-order valence-electron chi connectivity index (χ2n) is 6.61. The molecule has 2 rings (SSSR count). The molecular weight excluding hydrogens is 604 g/mol. The normalized spacial score (nSPS) is 12.9. The summed E-state index contributed by atoms with van der Waals surface area (Å²) in [6, 6.07) is 0. The minimum Gasteiger partial charge on any atom is -0.468 e. The third-order valence-corrected chi connectivity index (χ3v) is 4.31. The number of aromatic nitrogens is 4. The van der Waals surface area contributed by atoms with Crippen molar-refractivity contribution in [2.24, 2.45) is 14.1 Å². The van der Waals surface area contributed by atoms with Gasteiger partial charge < -0.3 is 14.6 Å². The van der Waals surface area contributed by atoms with E-state index in [4.69, 9.17) is 5.11 Å². The Morgan fingerprint density at radius 3 is 1.31 bits per heavy atom. The molecule has 208 valence electrons. The number of hydrogen-bond acceptors (Lipinski definition) is 5. The highest BCUT2D eigenvalue weighted by atomic mass is 79.9. The summed E-state index contributed by atoms with van der Waals surface area (Å²) in [5, 5.41) is 14.6. The Bertz CT molecular complexity index is 928. The van der Waals surface area contributed by atoms with Crippen LogP contribution in [0.15, 0.2) is 0 Å². The fraction of sp³-hybridized carbons (Fsp3) is 0.625. The fourth-order valence-electron chi connectivity index (χ4n) is 2.48. The van der Waals surface area contributed by atoms with Crippen LogP contribution in [0.2, 0.25) is 0 Å². The lowest BCUT2D eigenvalue weighted by molar-refractivity contribution is -0.155. The van der Waals surface area contributed by atoms with Gasteiger partial charge in [-0.15, -0.1) is 0 Å². The topological polar surface area (TPSA) is 74.3 Å². The van der Waals surface area contributed by atoms with Crippen molar-refractivity contribution in [3.8, 4) is 11.8 Å². The van der Waals surface area contributed by atoms with E-state index in [1.807, 2.05) is 0 Å². The SMILES string of the molecule is Cn1nc(C(F)(F)F)c(CBr)c1OCC(F)(F)F.Cn1nc(C(F)(F)F)c(CO)c1OCC(F)(F)F. The first kappa shape index (κ1) is 31.6. The van der Waals surface area contributed by atoms with E-state index in [9.17, 15) is 52.7 Å². The number of hydrogen-bond donors (Lipinski definition) is 1. The van der Waals surface area contributed by atoms with Crippen molar-refractivity contribution in [1.29, 1.82) is 0 Å². The Kier molecular flexibility index (Phi) is 9.97. The van der Waals surface area contributed by atoms with Crippen LogP contribution in [0.25, 0.3) is 0 Å². The summed E-state index contributed by atoms with van der Waals surface area (Å²) in [6.07, 6.45) is -19.0. The first-order valence-electron chi connectivity index (χ1n) is 8.94. The average Bonchev–Trinajstić information content (AvgIpc) is 3.19. The van der Waals surface area contributed by atoms with Crippen molar-refractivity contribution in [2.45, 2.75) is 36.6 Å². The van der Waals surface area contributed by atoms with Gasteiger partial charge in [0.15, 0.2) is 24.6 Å². The molecule has 7 nitrogen and oxygen atoms in total. The van der Waals surface area contributed by atoms with Gasteiger partial charge in [-0.2, -0.15) is 62.9 Å². The maximum Gasteiger partial charge on any atom is 0.435 e. The summed E-state index contributed by atoms with van der Waals surface area (Å²) < 4.78 is 156. The second kappa shape index (κ2) is 11.3. The van der Waals surface area contributed by atoms with Gasteiger partial charge in [0.25, 0.3) is 0 Å². The maximum atomic E-state index is 12.5. The van der Waals surface area contributed by atoms with Crippen molar-refractivity contribution >= 4 is 15.9 Å². The van der Waals surface area contributed by atoms with Crippen LogP contribution in [0, 0.1) is 0 Å². The summed E-state index contributed by atoms with van der Waals surface area (Å²) in [5.41, 5.74) is -4.02. The summed E-state index contributed by atoms with van der Waals surface area (Å²) in [7, 11) is 2.06. The zero-order valence-electron chi connectivity index (χ0n) is 17.8. The molecule has 0 radical (unpaired) electrons. The number of aliphatic hydroxyl groups excluding tert-OH is 1. The number of alkyl halides is 13. The highest BCUT2D eigenvalue weighted by Crippen LogP contribution is 2.37. The summed E-state index contributed by atoms with van der Waals surface area (Å²) in [6.45, 7) is -4.57. The molecule has 0 saturated heterocycles. The van der Waals surface area contributed by atoms with E-state index in [2.05, 4.69) is 35.6 Å². The van der Waals surface area contributed by atoms with Crippen LogP contribution in [0.5, 0.6) is 11.8 Å². The van der Waals surface area contributed by atoms with Gasteiger partial charge in [-0.3, -0.25) is 0 Å². The van der Waals surface area contributed by atoms with Gasteiger partial charge in [0.1, 0.15) is 0 Å². The van der Waals surface area contributed by atoms with Crippen molar-refractivity contribution in [3.05, 3.63) is 22.5 Å². The van der Waals surface area contributed by atoms with Crippen LogP contribution < -0.4 is 9.47 Å². The predicted octanol–water partition coefficient (Wildman–Crippen LogP) is 5.15. The number of aryl methyl sites for hydroxylation is 2. The standard InChI is InChI=1S/C8H7BrF6N2O.C8H8F6N2O2/c1-17-6(18-3-7(10,11)12)4(2-9)5(16-17)8(13,14)15;1-16-6(18-3-7(9,10)11)4(2-17)5(15-16)8(12,13)14/h2-3H2,1H3;17H,2-3H2,1H3. The molecule has 0 aromatic carbocycles. The molecule has 1 N–H and O–H groups in total. The van der Waals surface area contributed by atoms with Crippen LogP contribution in [0.3, 0.4) is 0 Å². The minimum absolute atomic E-state index is 0.317. The first-order chi connectivity index (χ1) is 16.1. The molecule has 0 aliphatic carbocycles. The van der Waals surface area contributed by atoms with Crippen molar-refractivity contribution < 1.29 is 67.3 Å². The Morgan fingerprint density at radius 2 is 1.03 bits per heavy atom. The molecule has 36 heavy (non-hydrogen) atoms. The number of halogens is 13. The molecule has 0 bridgehead atoms. The second-order valence-corrected chi connectivity index (χ2v) is 7.17. The van der Waals surface area contributed by atoms with E-state index < -0.39 is 78.8 Å². The van der Waals surface area contributed by atoms with Gasteiger partial charge >= 0.3 is 24.7 Å². The van der Waals surface area contributed by atoms with Crippen LogP contribution >= 0.6 is 15.9 Å². The van der Waals surface area contributed by atoms with Crippen LogP contribution in [-0.4, -0.2) is 50.2 Å². The van der Waals surface area contributed by atoms with Gasteiger partial charge in [0, 0.05) is 19.4 Å². The Hall–Kier alpha value is -2.38. The number of ether oxygens (including phenoxy) is 2. The highest BCUT2D eigenvalue weighted by molar-refractivity contribution is 9.08. The zero-order valence-corrected chi connectivity index (χ0v) is 19.4. The van der Waals surface area contributed by atoms with Crippen molar-refractivity contribution in [2.75, 3.05) is 13.2 Å². The van der Waals surface area contributed by atoms with Gasteiger partial charge in [0.2, 0.25) is 11.8 Å². The Balaban J connectivity index is 0.000000360. The van der Waals surface area contributed by atoms with Gasteiger partial charge in [-0.1, -0.05) is 15.9 Å². The molecule has 0 saturated carbocycles. The summed E-state index contributed by atoms with van der Waals surface area (Å²) >= 11 is 2.77. The third kappa shape index (κ3) is 8.93. The van der Waals surface area contributed by atoms with Crippen molar-refractivity contribution in [1.82, 2.24) is 19.6 Å². The van der Waals surface area contributed by atoms with Gasteiger partial charge in [0.05, 0.1) is 17.7 Å². The summed E-state index contributed by atoms with van der Waals surface area (Å²) in [4.78, 5) is 0. The summed E-state index contributed by atoms with van der Waals surface area (Å²) in [5.74, 6) is -1.32. The Labute approximate surface area is 201 Å². The molecule has 0 atom stereocenters. The zero-order chi connectivity index (χ0) is 28.3. The molecule has 0 spiro atoms. The van der Waals surface area contributed by atoms with Gasteiger partial charge in [-0.05, 0) is 0 Å². The van der Waals surface area contributed by atoms with Crippen molar-refractivity contribution in [3.63, 3.8) is 0 Å². The van der Waals surface area contributed by atoms with E-state index in [0.717, 1.165) is 14.1 Å². The highest BCUT2D eigenvalue weighted by Gasteiger charge is 2.41. The predicted molar refractivity (Wildman–Crippen MR) is 98.1 cm³/mol. The molecule has 0 amide bonds. The first-order valence-corrected chi connectivity index (χ1v) is 10.1.